The fourth-order valence-electron chi connectivity index (χ4n) is 2.21. The standard InChI is InChI=1S/C16H13NO2/c1-19-16(18)17-10-9-14-11-13(7-8-15(14)17)12-5-3-2-4-6-12/h2-11H,1H3. The molecule has 2 aromatic carbocycles. The Labute approximate surface area is 111 Å². The Hall–Kier alpha value is -2.55. The van der Waals surface area contributed by atoms with Crippen LogP contribution in [0.5, 0.6) is 0 Å². The molecular weight excluding hydrogens is 238 g/mol. The third-order valence-electron chi connectivity index (χ3n) is 3.17. The summed E-state index contributed by atoms with van der Waals surface area (Å²) in [7, 11) is 1.38. The predicted molar refractivity (Wildman–Crippen MR) is 75.2 cm³/mol. The van der Waals surface area contributed by atoms with Crippen LogP contribution < -0.4 is 0 Å². The summed E-state index contributed by atoms with van der Waals surface area (Å²) in [6.07, 6.45) is 1.35. The van der Waals surface area contributed by atoms with E-state index in [1.165, 1.54) is 11.7 Å². The number of carbonyl (C=O) groups is 1. The molecule has 0 N–H and O–H groups in total. The third kappa shape index (κ3) is 1.99. The first-order valence-corrected chi connectivity index (χ1v) is 6.04. The Morgan fingerprint density at radius 2 is 1.79 bits per heavy atom. The summed E-state index contributed by atoms with van der Waals surface area (Å²) in [5.41, 5.74) is 3.15. The fraction of sp³-hybridized carbons (Fsp3) is 0.0625. The minimum atomic E-state index is -0.373. The van der Waals surface area contributed by atoms with E-state index in [0.717, 1.165) is 22.0 Å². The molecule has 19 heavy (non-hydrogen) atoms. The van der Waals surface area contributed by atoms with Crippen LogP contribution in [0.25, 0.3) is 22.0 Å². The SMILES string of the molecule is COC(=O)n1ccc2cc(-c3ccccc3)ccc21. The van der Waals surface area contributed by atoms with Crippen molar-refractivity contribution in [3.05, 3.63) is 60.8 Å². The number of fused-ring (bicyclic) bond motifs is 1. The summed E-state index contributed by atoms with van der Waals surface area (Å²) < 4.78 is 6.25. The molecule has 0 saturated heterocycles. The van der Waals surface area contributed by atoms with Crippen molar-refractivity contribution in [2.24, 2.45) is 0 Å². The molecule has 0 fully saturated rings. The van der Waals surface area contributed by atoms with Crippen molar-refractivity contribution in [1.82, 2.24) is 4.57 Å². The number of rotatable bonds is 1. The van der Waals surface area contributed by atoms with Crippen LogP contribution in [0.15, 0.2) is 60.8 Å². The topological polar surface area (TPSA) is 31.2 Å². The van der Waals surface area contributed by atoms with Crippen LogP contribution in [0.2, 0.25) is 0 Å². The van der Waals surface area contributed by atoms with E-state index >= 15 is 0 Å². The molecule has 3 heteroatoms. The van der Waals surface area contributed by atoms with Gasteiger partial charge in [0.25, 0.3) is 0 Å². The molecule has 3 nitrogen and oxygen atoms in total. The van der Waals surface area contributed by atoms with E-state index in [2.05, 4.69) is 18.2 Å². The number of hydrogen-bond donors (Lipinski definition) is 0. The molecule has 0 bridgehead atoms. The van der Waals surface area contributed by atoms with Crippen LogP contribution >= 0.6 is 0 Å². The zero-order valence-electron chi connectivity index (χ0n) is 10.5. The summed E-state index contributed by atoms with van der Waals surface area (Å²) in [6.45, 7) is 0. The fourth-order valence-corrected chi connectivity index (χ4v) is 2.21. The van der Waals surface area contributed by atoms with Crippen molar-refractivity contribution in [2.75, 3.05) is 7.11 Å². The van der Waals surface area contributed by atoms with Crippen LogP contribution in [0.4, 0.5) is 4.79 Å². The molecule has 0 aliphatic heterocycles. The average molecular weight is 251 g/mol. The highest BCUT2D eigenvalue weighted by Crippen LogP contribution is 2.25. The Bertz CT molecular complexity index is 729. The van der Waals surface area contributed by atoms with E-state index in [9.17, 15) is 4.79 Å². The molecule has 0 unspecified atom stereocenters. The van der Waals surface area contributed by atoms with Gasteiger partial charge in [-0.2, -0.15) is 0 Å². The minimum Gasteiger partial charge on any atom is -0.452 e. The number of aromatic nitrogens is 1. The van der Waals surface area contributed by atoms with Gasteiger partial charge in [-0.05, 0) is 29.3 Å². The highest BCUT2D eigenvalue weighted by atomic mass is 16.5. The molecule has 0 spiro atoms. The van der Waals surface area contributed by atoms with Gasteiger partial charge in [-0.3, -0.25) is 4.57 Å². The molecule has 94 valence electrons. The van der Waals surface area contributed by atoms with Gasteiger partial charge in [0.2, 0.25) is 0 Å². The zero-order chi connectivity index (χ0) is 13.2. The van der Waals surface area contributed by atoms with Gasteiger partial charge in [0.05, 0.1) is 12.6 Å². The smallest absolute Gasteiger partial charge is 0.418 e. The van der Waals surface area contributed by atoms with Crippen LogP contribution in [0, 0.1) is 0 Å². The third-order valence-corrected chi connectivity index (χ3v) is 3.17. The van der Waals surface area contributed by atoms with E-state index in [1.807, 2.05) is 36.4 Å². The zero-order valence-corrected chi connectivity index (χ0v) is 10.5. The second-order valence-corrected chi connectivity index (χ2v) is 4.30. The van der Waals surface area contributed by atoms with E-state index in [1.54, 1.807) is 6.20 Å². The van der Waals surface area contributed by atoms with Gasteiger partial charge in [0, 0.05) is 11.6 Å². The van der Waals surface area contributed by atoms with Gasteiger partial charge in [-0.15, -0.1) is 0 Å². The summed E-state index contributed by atoms with van der Waals surface area (Å²) in [6, 6.07) is 18.1. The number of benzene rings is 2. The van der Waals surface area contributed by atoms with Gasteiger partial charge in [0.1, 0.15) is 0 Å². The molecule has 3 rings (SSSR count). The normalized spacial score (nSPS) is 10.6. The van der Waals surface area contributed by atoms with Crippen LogP contribution in [0.3, 0.4) is 0 Å². The molecule has 0 atom stereocenters. The molecule has 0 saturated carbocycles. The number of ether oxygens (including phenoxy) is 1. The molecule has 0 aliphatic carbocycles. The second-order valence-electron chi connectivity index (χ2n) is 4.30. The first-order chi connectivity index (χ1) is 9.29. The maximum atomic E-state index is 11.6. The highest BCUT2D eigenvalue weighted by Gasteiger charge is 2.09. The maximum absolute atomic E-state index is 11.6. The van der Waals surface area contributed by atoms with Crippen molar-refractivity contribution in [2.45, 2.75) is 0 Å². The van der Waals surface area contributed by atoms with Gasteiger partial charge in [-0.1, -0.05) is 36.4 Å². The maximum Gasteiger partial charge on any atom is 0.418 e. The number of carbonyl (C=O) groups excluding carboxylic acids is 1. The van der Waals surface area contributed by atoms with Crippen molar-refractivity contribution >= 4 is 17.0 Å². The average Bonchev–Trinajstić information content (AvgIpc) is 2.90. The minimum absolute atomic E-state index is 0.373. The Morgan fingerprint density at radius 1 is 1.00 bits per heavy atom. The number of methoxy groups -OCH3 is 1. The van der Waals surface area contributed by atoms with Gasteiger partial charge in [0.15, 0.2) is 0 Å². The Morgan fingerprint density at radius 3 is 2.53 bits per heavy atom. The molecule has 0 aliphatic rings. The lowest BCUT2D eigenvalue weighted by molar-refractivity contribution is 0.174. The van der Waals surface area contributed by atoms with E-state index in [4.69, 9.17) is 4.74 Å². The summed E-state index contributed by atoms with van der Waals surface area (Å²) in [4.78, 5) is 11.6. The highest BCUT2D eigenvalue weighted by molar-refractivity contribution is 5.92. The van der Waals surface area contributed by atoms with Gasteiger partial charge in [-0.25, -0.2) is 4.79 Å². The van der Waals surface area contributed by atoms with E-state index < -0.39 is 0 Å². The predicted octanol–water partition coefficient (Wildman–Crippen LogP) is 3.92. The first kappa shape index (κ1) is 11.5. The molecule has 3 aromatic rings. The summed E-state index contributed by atoms with van der Waals surface area (Å²) in [5, 5.41) is 1.02. The molecule has 1 heterocycles. The lowest BCUT2D eigenvalue weighted by Crippen LogP contribution is -2.09. The molecular formula is C16H13NO2. The monoisotopic (exact) mass is 251 g/mol. The lowest BCUT2D eigenvalue weighted by Gasteiger charge is -2.04. The first-order valence-electron chi connectivity index (χ1n) is 6.04. The van der Waals surface area contributed by atoms with Crippen molar-refractivity contribution in [3.63, 3.8) is 0 Å². The second kappa shape index (κ2) is 4.61. The van der Waals surface area contributed by atoms with E-state index in [0.29, 0.717) is 0 Å². The summed E-state index contributed by atoms with van der Waals surface area (Å²) >= 11 is 0. The Kier molecular flexibility index (Phi) is 2.80. The van der Waals surface area contributed by atoms with Crippen molar-refractivity contribution in [1.29, 1.82) is 0 Å². The molecule has 0 radical (unpaired) electrons. The summed E-state index contributed by atoms with van der Waals surface area (Å²) in [5.74, 6) is 0. The van der Waals surface area contributed by atoms with Gasteiger partial charge < -0.3 is 4.74 Å². The van der Waals surface area contributed by atoms with Crippen molar-refractivity contribution in [3.8, 4) is 11.1 Å². The van der Waals surface area contributed by atoms with Crippen LogP contribution in [-0.2, 0) is 4.74 Å². The molecule has 1 aromatic heterocycles. The Balaban J connectivity index is 2.11. The lowest BCUT2D eigenvalue weighted by atomic mass is 10.0. The molecule has 0 amide bonds. The quantitative estimate of drug-likeness (QED) is 0.656. The number of hydrogen-bond acceptors (Lipinski definition) is 2. The van der Waals surface area contributed by atoms with Crippen LogP contribution in [-0.4, -0.2) is 17.8 Å². The van der Waals surface area contributed by atoms with E-state index in [-0.39, 0.29) is 6.09 Å². The van der Waals surface area contributed by atoms with Crippen molar-refractivity contribution < 1.29 is 9.53 Å². The number of nitrogens with zero attached hydrogens (tertiary/aromatic N) is 1. The van der Waals surface area contributed by atoms with Crippen LogP contribution in [0.1, 0.15) is 0 Å². The van der Waals surface area contributed by atoms with Gasteiger partial charge >= 0.3 is 6.09 Å². The largest absolute Gasteiger partial charge is 0.452 e.